The van der Waals surface area contributed by atoms with Gasteiger partial charge in [0.2, 0.25) is 0 Å². The van der Waals surface area contributed by atoms with Crippen LogP contribution >= 0.6 is 0 Å². The third-order valence-electron chi connectivity index (χ3n) is 4.07. The van der Waals surface area contributed by atoms with Gasteiger partial charge in [0.25, 0.3) is 0 Å². The molecule has 0 atom stereocenters. The monoisotopic (exact) mass is 273 g/mol. The number of hydrogen-bond acceptors (Lipinski definition) is 4. The quantitative estimate of drug-likeness (QED) is 0.582. The first-order chi connectivity index (χ1) is 9.63. The Morgan fingerprint density at radius 3 is 2.60 bits per heavy atom. The molecule has 0 spiro atoms. The van der Waals surface area contributed by atoms with Crippen molar-refractivity contribution in [2.45, 2.75) is 50.5 Å². The number of nitrogens with one attached hydrogen (secondary N) is 1. The maximum atomic E-state index is 10.6. The highest BCUT2D eigenvalue weighted by Crippen LogP contribution is 2.28. The lowest BCUT2D eigenvalue weighted by molar-refractivity contribution is 0.0381. The number of anilines is 2. The van der Waals surface area contributed by atoms with Gasteiger partial charge in [0.05, 0.1) is 18.1 Å². The Morgan fingerprint density at radius 1 is 1.25 bits per heavy atom. The highest BCUT2D eigenvalue weighted by atomic mass is 16.3. The lowest BCUT2D eigenvalue weighted by atomic mass is 9.94. The van der Waals surface area contributed by atoms with Gasteiger partial charge in [-0.1, -0.05) is 25.7 Å². The van der Waals surface area contributed by atoms with Gasteiger partial charge >= 0.3 is 0 Å². The molecule has 0 heterocycles. The van der Waals surface area contributed by atoms with E-state index in [1.807, 2.05) is 18.2 Å². The van der Waals surface area contributed by atoms with Crippen LogP contribution in [0.4, 0.5) is 11.4 Å². The molecule has 108 valence electrons. The summed E-state index contributed by atoms with van der Waals surface area (Å²) >= 11 is 0. The molecule has 1 aromatic rings. The van der Waals surface area contributed by atoms with E-state index < -0.39 is 5.60 Å². The molecule has 1 aliphatic rings. The van der Waals surface area contributed by atoms with Gasteiger partial charge in [0.15, 0.2) is 0 Å². The molecule has 4 nitrogen and oxygen atoms in total. The van der Waals surface area contributed by atoms with Gasteiger partial charge in [0.1, 0.15) is 0 Å². The SMILES string of the molecule is N#CCc1cc(NCC2(O)CCCCCC2)ccc1N. The minimum Gasteiger partial charge on any atom is -0.398 e. The number of hydrogen-bond donors (Lipinski definition) is 3. The summed E-state index contributed by atoms with van der Waals surface area (Å²) in [5.74, 6) is 0. The smallest absolute Gasteiger partial charge is 0.0819 e. The van der Waals surface area contributed by atoms with Crippen molar-refractivity contribution in [2.24, 2.45) is 0 Å². The van der Waals surface area contributed by atoms with E-state index in [1.54, 1.807) is 0 Å². The van der Waals surface area contributed by atoms with Crippen LogP contribution in [0.15, 0.2) is 18.2 Å². The molecule has 0 amide bonds. The number of nitrogens with two attached hydrogens (primary N) is 1. The van der Waals surface area contributed by atoms with Crippen molar-refractivity contribution in [3.05, 3.63) is 23.8 Å². The molecule has 20 heavy (non-hydrogen) atoms. The van der Waals surface area contributed by atoms with Crippen molar-refractivity contribution in [2.75, 3.05) is 17.6 Å². The van der Waals surface area contributed by atoms with E-state index in [1.165, 1.54) is 12.8 Å². The molecule has 1 aromatic carbocycles. The molecule has 0 aliphatic heterocycles. The molecular weight excluding hydrogens is 250 g/mol. The minimum absolute atomic E-state index is 0.311. The summed E-state index contributed by atoms with van der Waals surface area (Å²) in [5, 5.41) is 22.7. The Labute approximate surface area is 120 Å². The van der Waals surface area contributed by atoms with E-state index in [9.17, 15) is 5.11 Å². The third kappa shape index (κ3) is 3.88. The fraction of sp³-hybridized carbons (Fsp3) is 0.562. The van der Waals surface area contributed by atoms with Crippen LogP contribution in [0, 0.1) is 11.3 Å². The highest BCUT2D eigenvalue weighted by molar-refractivity contribution is 5.58. The molecule has 0 radical (unpaired) electrons. The van der Waals surface area contributed by atoms with Gasteiger partial charge in [-0.05, 0) is 36.6 Å². The largest absolute Gasteiger partial charge is 0.398 e. The second-order valence-corrected chi connectivity index (χ2v) is 5.74. The van der Waals surface area contributed by atoms with Crippen LogP contribution in [-0.4, -0.2) is 17.3 Å². The average Bonchev–Trinajstić information content (AvgIpc) is 2.65. The van der Waals surface area contributed by atoms with E-state index in [4.69, 9.17) is 11.0 Å². The minimum atomic E-state index is -0.604. The summed E-state index contributed by atoms with van der Waals surface area (Å²) in [6.45, 7) is 0.558. The van der Waals surface area contributed by atoms with E-state index in [-0.39, 0.29) is 0 Å². The van der Waals surface area contributed by atoms with Crippen molar-refractivity contribution in [1.29, 1.82) is 5.26 Å². The van der Waals surface area contributed by atoms with Gasteiger partial charge in [-0.2, -0.15) is 5.26 Å². The maximum absolute atomic E-state index is 10.6. The van der Waals surface area contributed by atoms with Crippen molar-refractivity contribution in [1.82, 2.24) is 0 Å². The first-order valence-electron chi connectivity index (χ1n) is 7.35. The normalized spacial score (nSPS) is 18.0. The van der Waals surface area contributed by atoms with Gasteiger partial charge in [-0.25, -0.2) is 0 Å². The molecule has 0 aromatic heterocycles. The Hall–Kier alpha value is -1.73. The van der Waals surface area contributed by atoms with Crippen LogP contribution in [0.5, 0.6) is 0 Å². The second kappa shape index (κ2) is 6.62. The standard InChI is InChI=1S/C16H23N3O/c17-10-7-13-11-14(5-6-15(13)18)19-12-16(20)8-3-1-2-4-9-16/h5-6,11,19-20H,1-4,7-9,12,18H2. The summed E-state index contributed by atoms with van der Waals surface area (Å²) in [5.41, 5.74) is 7.63. The Balaban J connectivity index is 1.99. The number of nitrogens with zero attached hydrogens (tertiary/aromatic N) is 1. The zero-order chi connectivity index (χ0) is 14.4. The fourth-order valence-electron chi connectivity index (χ4n) is 2.78. The number of aliphatic hydroxyl groups is 1. The van der Waals surface area contributed by atoms with Gasteiger partial charge in [-0.15, -0.1) is 0 Å². The predicted octanol–water partition coefficient (Wildman–Crippen LogP) is 2.83. The van der Waals surface area contributed by atoms with Crippen LogP contribution in [0.25, 0.3) is 0 Å². The number of benzene rings is 1. The predicted molar refractivity (Wildman–Crippen MR) is 81.3 cm³/mol. The molecule has 0 saturated heterocycles. The number of nitrogen functional groups attached to an aromatic ring is 1. The fourth-order valence-corrected chi connectivity index (χ4v) is 2.78. The summed E-state index contributed by atoms with van der Waals surface area (Å²) in [6.07, 6.45) is 6.66. The summed E-state index contributed by atoms with van der Waals surface area (Å²) in [4.78, 5) is 0. The Morgan fingerprint density at radius 2 is 1.95 bits per heavy atom. The van der Waals surface area contributed by atoms with Crippen LogP contribution < -0.4 is 11.1 Å². The van der Waals surface area contributed by atoms with Gasteiger partial charge < -0.3 is 16.2 Å². The van der Waals surface area contributed by atoms with Crippen LogP contribution in [0.3, 0.4) is 0 Å². The van der Waals surface area contributed by atoms with Crippen LogP contribution in [-0.2, 0) is 6.42 Å². The molecule has 0 unspecified atom stereocenters. The van der Waals surface area contributed by atoms with E-state index >= 15 is 0 Å². The van der Waals surface area contributed by atoms with Gasteiger partial charge in [-0.3, -0.25) is 0 Å². The molecule has 0 bridgehead atoms. The average molecular weight is 273 g/mol. The van der Waals surface area contributed by atoms with E-state index in [0.29, 0.717) is 18.7 Å². The lowest BCUT2D eigenvalue weighted by Gasteiger charge is -2.27. The lowest BCUT2D eigenvalue weighted by Crippen LogP contribution is -2.36. The summed E-state index contributed by atoms with van der Waals surface area (Å²) < 4.78 is 0. The van der Waals surface area contributed by atoms with Crippen molar-refractivity contribution < 1.29 is 5.11 Å². The molecule has 1 fully saturated rings. The van der Waals surface area contributed by atoms with Gasteiger partial charge in [0, 0.05) is 17.9 Å². The zero-order valence-electron chi connectivity index (χ0n) is 11.9. The molecule has 1 saturated carbocycles. The molecule has 4 N–H and O–H groups in total. The number of rotatable bonds is 4. The first kappa shape index (κ1) is 14.7. The maximum Gasteiger partial charge on any atom is 0.0819 e. The highest BCUT2D eigenvalue weighted by Gasteiger charge is 2.27. The Kier molecular flexibility index (Phi) is 4.86. The summed E-state index contributed by atoms with van der Waals surface area (Å²) in [6, 6.07) is 7.73. The molecule has 4 heteroatoms. The van der Waals surface area contributed by atoms with Crippen LogP contribution in [0.1, 0.15) is 44.1 Å². The van der Waals surface area contributed by atoms with E-state index in [0.717, 1.165) is 36.9 Å². The van der Waals surface area contributed by atoms with Crippen molar-refractivity contribution >= 4 is 11.4 Å². The van der Waals surface area contributed by atoms with Crippen molar-refractivity contribution in [3.63, 3.8) is 0 Å². The number of nitriles is 1. The summed E-state index contributed by atoms with van der Waals surface area (Å²) in [7, 11) is 0. The van der Waals surface area contributed by atoms with Crippen LogP contribution in [0.2, 0.25) is 0 Å². The molecule has 2 rings (SSSR count). The molecular formula is C16H23N3O. The zero-order valence-corrected chi connectivity index (χ0v) is 11.9. The second-order valence-electron chi connectivity index (χ2n) is 5.74. The topological polar surface area (TPSA) is 82.1 Å². The Bertz CT molecular complexity index is 485. The van der Waals surface area contributed by atoms with E-state index in [2.05, 4.69) is 11.4 Å². The van der Waals surface area contributed by atoms with Crippen molar-refractivity contribution in [3.8, 4) is 6.07 Å². The molecule has 1 aliphatic carbocycles. The third-order valence-corrected chi connectivity index (χ3v) is 4.07. The first-order valence-corrected chi connectivity index (χ1v) is 7.35.